The first-order chi connectivity index (χ1) is 9.45. The molecule has 2 heteroatoms. The summed E-state index contributed by atoms with van der Waals surface area (Å²) in [5.74, 6) is 0. The van der Waals surface area contributed by atoms with Gasteiger partial charge in [0.15, 0.2) is 0 Å². The van der Waals surface area contributed by atoms with Gasteiger partial charge in [-0.15, -0.1) is 0 Å². The summed E-state index contributed by atoms with van der Waals surface area (Å²) in [5, 5.41) is 0. The highest BCUT2D eigenvalue weighted by Crippen LogP contribution is 2.55. The third-order valence-electron chi connectivity index (χ3n) is 4.61. The minimum atomic E-state index is -1.94. The van der Waals surface area contributed by atoms with Crippen molar-refractivity contribution in [2.75, 3.05) is 6.16 Å². The minimum Gasteiger partial charge on any atom is -0.323 e. The summed E-state index contributed by atoms with van der Waals surface area (Å²) in [6, 6.07) is 0. The van der Waals surface area contributed by atoms with Crippen LogP contribution >= 0.6 is 7.14 Å². The molecule has 0 N–H and O–H groups in total. The van der Waals surface area contributed by atoms with E-state index in [2.05, 4.69) is 34.6 Å². The Hall–Kier alpha value is 0.230. The fourth-order valence-corrected chi connectivity index (χ4v) is 5.90. The molecule has 0 aliphatic rings. The number of hydrogen-bond donors (Lipinski definition) is 0. The topological polar surface area (TPSA) is 17.1 Å². The Balaban J connectivity index is 3.54. The van der Waals surface area contributed by atoms with Gasteiger partial charge < -0.3 is 4.57 Å². The van der Waals surface area contributed by atoms with Crippen molar-refractivity contribution in [1.82, 2.24) is 0 Å². The summed E-state index contributed by atoms with van der Waals surface area (Å²) in [5.41, 5.74) is 0.724. The van der Waals surface area contributed by atoms with E-state index in [4.69, 9.17) is 0 Å². The zero-order chi connectivity index (χ0) is 15.4. The zero-order valence-corrected chi connectivity index (χ0v) is 15.7. The Kier molecular flexibility index (Phi) is 12.0. The van der Waals surface area contributed by atoms with Crippen LogP contribution in [0.5, 0.6) is 0 Å². The molecule has 0 aromatic carbocycles. The fourth-order valence-electron chi connectivity index (χ4n) is 2.96. The van der Waals surface area contributed by atoms with E-state index < -0.39 is 7.14 Å². The maximum absolute atomic E-state index is 12.8. The Labute approximate surface area is 128 Å². The Morgan fingerprint density at radius 2 is 1.00 bits per heavy atom. The van der Waals surface area contributed by atoms with Gasteiger partial charge in [0, 0.05) is 17.5 Å². The maximum Gasteiger partial charge on any atom is 0.0925 e. The van der Waals surface area contributed by atoms with Crippen LogP contribution in [0.2, 0.25) is 0 Å². The Morgan fingerprint density at radius 1 is 0.650 bits per heavy atom. The third kappa shape index (κ3) is 8.50. The molecule has 0 radical (unpaired) electrons. The molecule has 0 atom stereocenters. The van der Waals surface area contributed by atoms with Crippen molar-refractivity contribution in [3.05, 3.63) is 0 Å². The minimum absolute atomic E-state index is 0.362. The van der Waals surface area contributed by atoms with Gasteiger partial charge in [-0.05, 0) is 6.42 Å². The van der Waals surface area contributed by atoms with Crippen LogP contribution in [0.15, 0.2) is 0 Å². The monoisotopic (exact) mass is 302 g/mol. The van der Waals surface area contributed by atoms with Gasteiger partial charge in [-0.2, -0.15) is 0 Å². The highest BCUT2D eigenvalue weighted by atomic mass is 31.2. The normalized spacial score (nSPS) is 12.6. The number of unbranched alkanes of at least 4 members (excludes halogenated alkanes) is 9. The largest absolute Gasteiger partial charge is 0.323 e. The first-order valence-corrected chi connectivity index (χ1v) is 11.1. The van der Waals surface area contributed by atoms with Gasteiger partial charge in [0.2, 0.25) is 0 Å². The average Bonchev–Trinajstić information content (AvgIpc) is 2.40. The van der Waals surface area contributed by atoms with Crippen LogP contribution in [0.1, 0.15) is 98.8 Å². The lowest BCUT2D eigenvalue weighted by Gasteiger charge is -2.26. The second-order valence-electron chi connectivity index (χ2n) is 6.95. The predicted octanol–water partition coefficient (Wildman–Crippen LogP) is 7.09. The lowest BCUT2D eigenvalue weighted by molar-refractivity contribution is 0.548. The van der Waals surface area contributed by atoms with Crippen molar-refractivity contribution < 1.29 is 4.57 Å². The van der Waals surface area contributed by atoms with E-state index in [0.29, 0.717) is 11.3 Å². The maximum atomic E-state index is 12.8. The van der Waals surface area contributed by atoms with Crippen LogP contribution in [-0.4, -0.2) is 17.5 Å². The van der Waals surface area contributed by atoms with E-state index in [1.54, 1.807) is 0 Å². The molecule has 0 saturated carbocycles. The molecule has 0 aromatic rings. The predicted molar refractivity (Wildman–Crippen MR) is 94.6 cm³/mol. The Bertz CT molecular complexity index is 246. The van der Waals surface area contributed by atoms with E-state index in [-0.39, 0.29) is 0 Å². The molecule has 0 aromatic heterocycles. The molecule has 0 spiro atoms. The van der Waals surface area contributed by atoms with Gasteiger partial charge in [0.05, 0.1) is 7.14 Å². The van der Waals surface area contributed by atoms with E-state index in [9.17, 15) is 4.57 Å². The van der Waals surface area contributed by atoms with E-state index in [1.165, 1.54) is 64.2 Å². The van der Waals surface area contributed by atoms with E-state index in [0.717, 1.165) is 6.16 Å². The Morgan fingerprint density at radius 3 is 1.35 bits per heavy atom. The van der Waals surface area contributed by atoms with E-state index >= 15 is 0 Å². The number of hydrogen-bond acceptors (Lipinski definition) is 1. The smallest absolute Gasteiger partial charge is 0.0925 e. The summed E-state index contributed by atoms with van der Waals surface area (Å²) in [7, 11) is -1.94. The second-order valence-corrected chi connectivity index (χ2v) is 11.2. The molecule has 0 saturated heterocycles. The van der Waals surface area contributed by atoms with Gasteiger partial charge in [0.25, 0.3) is 0 Å². The van der Waals surface area contributed by atoms with Crippen molar-refractivity contribution in [3.8, 4) is 0 Å². The van der Waals surface area contributed by atoms with Gasteiger partial charge in [-0.25, -0.2) is 0 Å². The van der Waals surface area contributed by atoms with Crippen LogP contribution < -0.4 is 0 Å². The molecule has 0 aliphatic carbocycles. The third-order valence-corrected chi connectivity index (χ3v) is 9.12. The van der Waals surface area contributed by atoms with Crippen molar-refractivity contribution in [2.45, 2.75) is 110 Å². The molecule has 20 heavy (non-hydrogen) atoms. The van der Waals surface area contributed by atoms with E-state index in [1.807, 2.05) is 0 Å². The molecule has 0 rings (SSSR count). The van der Waals surface area contributed by atoms with Crippen LogP contribution in [-0.2, 0) is 4.57 Å². The van der Waals surface area contributed by atoms with Crippen molar-refractivity contribution in [1.29, 1.82) is 0 Å². The summed E-state index contributed by atoms with van der Waals surface area (Å²) in [6.45, 7) is 10.8. The second kappa shape index (κ2) is 11.8. The summed E-state index contributed by atoms with van der Waals surface area (Å²) < 4.78 is 12.8. The molecule has 0 amide bonds. The summed E-state index contributed by atoms with van der Waals surface area (Å²) in [4.78, 5) is 0. The first kappa shape index (κ1) is 20.2. The quantitative estimate of drug-likeness (QED) is 0.262. The van der Waals surface area contributed by atoms with Crippen LogP contribution in [0.25, 0.3) is 0 Å². The average molecular weight is 302 g/mol. The molecule has 0 bridgehead atoms. The molecule has 0 unspecified atom stereocenters. The highest BCUT2D eigenvalue weighted by Gasteiger charge is 2.29. The standard InChI is InChI=1S/C18H39OP/c1-6-7-8-9-10-11-12-13-14-15-16-20(19,17(2)3)18(4)5/h17-18H,6-16H2,1-5H3. The molecule has 0 heterocycles. The zero-order valence-electron chi connectivity index (χ0n) is 14.8. The molecular weight excluding hydrogens is 263 g/mol. The molecule has 0 aliphatic heterocycles. The van der Waals surface area contributed by atoms with Crippen molar-refractivity contribution in [2.24, 2.45) is 0 Å². The van der Waals surface area contributed by atoms with Crippen molar-refractivity contribution in [3.63, 3.8) is 0 Å². The molecular formula is C18H39OP. The van der Waals surface area contributed by atoms with Gasteiger partial charge in [0.1, 0.15) is 0 Å². The van der Waals surface area contributed by atoms with Gasteiger partial charge >= 0.3 is 0 Å². The van der Waals surface area contributed by atoms with Crippen LogP contribution in [0.3, 0.4) is 0 Å². The first-order valence-electron chi connectivity index (χ1n) is 9.03. The van der Waals surface area contributed by atoms with Crippen molar-refractivity contribution >= 4 is 7.14 Å². The lowest BCUT2D eigenvalue weighted by Crippen LogP contribution is -2.11. The molecule has 1 nitrogen and oxygen atoms in total. The summed E-state index contributed by atoms with van der Waals surface area (Å²) in [6.07, 6.45) is 14.5. The van der Waals surface area contributed by atoms with Crippen LogP contribution in [0, 0.1) is 0 Å². The van der Waals surface area contributed by atoms with Crippen LogP contribution in [0.4, 0.5) is 0 Å². The number of rotatable bonds is 13. The summed E-state index contributed by atoms with van der Waals surface area (Å²) >= 11 is 0. The highest BCUT2D eigenvalue weighted by molar-refractivity contribution is 7.65. The van der Waals surface area contributed by atoms with Gasteiger partial charge in [-0.3, -0.25) is 0 Å². The SMILES string of the molecule is CCCCCCCCCCCCP(=O)(C(C)C)C(C)C. The molecule has 122 valence electrons. The van der Waals surface area contributed by atoms with Gasteiger partial charge in [-0.1, -0.05) is 92.4 Å². The lowest BCUT2D eigenvalue weighted by atomic mass is 10.1. The molecule has 0 fully saturated rings. The fraction of sp³-hybridized carbons (Fsp3) is 1.00.